The van der Waals surface area contributed by atoms with Crippen molar-refractivity contribution in [1.29, 1.82) is 0 Å². The largest absolute Gasteiger partial charge is 0.396 e. The average Bonchev–Trinajstić information content (AvgIpc) is 3.30. The van der Waals surface area contributed by atoms with E-state index >= 15 is 0 Å². The first-order valence-corrected chi connectivity index (χ1v) is 7.40. The maximum Gasteiger partial charge on any atom is 0.251 e. The number of benzene rings is 1. The summed E-state index contributed by atoms with van der Waals surface area (Å²) in [6.07, 6.45) is 4.44. The number of hydrogen-bond donors (Lipinski definition) is 2. The molecule has 20 heavy (non-hydrogen) atoms. The molecule has 1 aliphatic carbocycles. The van der Waals surface area contributed by atoms with Crippen molar-refractivity contribution in [3.8, 4) is 0 Å². The second-order valence-electron chi connectivity index (χ2n) is 5.41. The average molecular weight is 276 g/mol. The van der Waals surface area contributed by atoms with E-state index in [0.717, 1.165) is 31.5 Å². The number of hydrogen-bond acceptors (Lipinski definition) is 3. The summed E-state index contributed by atoms with van der Waals surface area (Å²) in [5.74, 6) is -0.0369. The predicted molar refractivity (Wildman–Crippen MR) is 79.6 cm³/mol. The Morgan fingerprint density at radius 3 is 2.85 bits per heavy atom. The maximum absolute atomic E-state index is 11.7. The molecule has 0 spiro atoms. The number of nitrogens with one attached hydrogen (secondary N) is 1. The molecule has 0 saturated heterocycles. The van der Waals surface area contributed by atoms with Crippen molar-refractivity contribution in [2.45, 2.75) is 38.3 Å². The Morgan fingerprint density at radius 1 is 1.40 bits per heavy atom. The molecule has 1 aromatic rings. The van der Waals surface area contributed by atoms with Crippen LogP contribution in [0.15, 0.2) is 24.3 Å². The van der Waals surface area contributed by atoms with Crippen molar-refractivity contribution in [2.75, 3.05) is 20.2 Å². The fourth-order valence-corrected chi connectivity index (χ4v) is 2.45. The fourth-order valence-electron chi connectivity index (χ4n) is 2.45. The van der Waals surface area contributed by atoms with Crippen LogP contribution in [-0.4, -0.2) is 42.2 Å². The molecule has 1 saturated carbocycles. The normalized spacial score (nSPS) is 14.6. The first kappa shape index (κ1) is 15.0. The smallest absolute Gasteiger partial charge is 0.251 e. The van der Waals surface area contributed by atoms with Gasteiger partial charge in [-0.15, -0.1) is 0 Å². The van der Waals surface area contributed by atoms with Gasteiger partial charge in [0.1, 0.15) is 0 Å². The predicted octanol–water partition coefficient (Wildman–Crippen LogP) is 1.78. The zero-order chi connectivity index (χ0) is 14.4. The molecule has 0 heterocycles. The summed E-state index contributed by atoms with van der Waals surface area (Å²) in [5.41, 5.74) is 1.90. The third-order valence-corrected chi connectivity index (χ3v) is 3.72. The number of carbonyl (C=O) groups is 1. The first-order chi connectivity index (χ1) is 9.74. The Kier molecular flexibility index (Phi) is 5.56. The topological polar surface area (TPSA) is 52.6 Å². The minimum Gasteiger partial charge on any atom is -0.396 e. The molecular weight excluding hydrogens is 252 g/mol. The Morgan fingerprint density at radius 2 is 2.20 bits per heavy atom. The number of amides is 1. The van der Waals surface area contributed by atoms with Crippen LogP contribution in [-0.2, 0) is 6.54 Å². The summed E-state index contributed by atoms with van der Waals surface area (Å²) < 4.78 is 0. The van der Waals surface area contributed by atoms with Gasteiger partial charge in [-0.25, -0.2) is 0 Å². The molecule has 0 aromatic heterocycles. The Bertz CT molecular complexity index is 444. The number of rotatable bonds is 8. The Labute approximate surface area is 120 Å². The first-order valence-electron chi connectivity index (χ1n) is 7.40. The molecule has 1 aliphatic rings. The molecule has 1 fully saturated rings. The van der Waals surface area contributed by atoms with Crippen LogP contribution in [0.1, 0.15) is 41.6 Å². The van der Waals surface area contributed by atoms with Crippen LogP contribution in [0.5, 0.6) is 0 Å². The number of carbonyl (C=O) groups excluding carboxylic acids is 1. The van der Waals surface area contributed by atoms with E-state index in [1.54, 1.807) is 7.05 Å². The van der Waals surface area contributed by atoms with Gasteiger partial charge >= 0.3 is 0 Å². The third-order valence-electron chi connectivity index (χ3n) is 3.72. The van der Waals surface area contributed by atoms with Gasteiger partial charge in [0.25, 0.3) is 5.91 Å². The molecule has 0 bridgehead atoms. The van der Waals surface area contributed by atoms with Crippen molar-refractivity contribution in [3.05, 3.63) is 35.4 Å². The van der Waals surface area contributed by atoms with Gasteiger partial charge in [-0.2, -0.15) is 0 Å². The maximum atomic E-state index is 11.7. The monoisotopic (exact) mass is 276 g/mol. The minimum atomic E-state index is -0.0369. The molecule has 1 amide bonds. The van der Waals surface area contributed by atoms with Gasteiger partial charge in [0.2, 0.25) is 0 Å². The molecular formula is C16H24N2O2. The zero-order valence-corrected chi connectivity index (χ0v) is 12.1. The lowest BCUT2D eigenvalue weighted by Crippen LogP contribution is -2.27. The molecule has 4 heteroatoms. The number of aliphatic hydroxyl groups is 1. The molecule has 2 N–H and O–H groups in total. The molecule has 0 radical (unpaired) electrons. The highest BCUT2D eigenvalue weighted by molar-refractivity contribution is 5.94. The van der Waals surface area contributed by atoms with Gasteiger partial charge in [0.15, 0.2) is 0 Å². The van der Waals surface area contributed by atoms with Crippen LogP contribution in [0.4, 0.5) is 0 Å². The number of unbranched alkanes of at least 4 members (excludes halogenated alkanes) is 1. The van der Waals surface area contributed by atoms with E-state index in [-0.39, 0.29) is 12.5 Å². The van der Waals surface area contributed by atoms with E-state index in [9.17, 15) is 4.79 Å². The van der Waals surface area contributed by atoms with Crippen LogP contribution in [0.3, 0.4) is 0 Å². The number of nitrogens with zero attached hydrogens (tertiary/aromatic N) is 1. The van der Waals surface area contributed by atoms with E-state index in [4.69, 9.17) is 5.11 Å². The molecule has 0 aliphatic heterocycles. The SMILES string of the molecule is CNC(=O)c1cccc(CN(CCCCO)C2CC2)c1. The number of aliphatic hydroxyl groups excluding tert-OH is 1. The van der Waals surface area contributed by atoms with Gasteiger partial charge in [-0.3, -0.25) is 9.69 Å². The molecule has 0 atom stereocenters. The van der Waals surface area contributed by atoms with Gasteiger partial charge in [-0.05, 0) is 49.9 Å². The quantitative estimate of drug-likeness (QED) is 0.712. The van der Waals surface area contributed by atoms with Crippen LogP contribution < -0.4 is 5.32 Å². The summed E-state index contributed by atoms with van der Waals surface area (Å²) in [7, 11) is 1.65. The lowest BCUT2D eigenvalue weighted by atomic mass is 10.1. The van der Waals surface area contributed by atoms with Crippen LogP contribution >= 0.6 is 0 Å². The van der Waals surface area contributed by atoms with E-state index in [2.05, 4.69) is 16.3 Å². The van der Waals surface area contributed by atoms with Crippen molar-refractivity contribution in [2.24, 2.45) is 0 Å². The summed E-state index contributed by atoms with van der Waals surface area (Å²) in [4.78, 5) is 14.1. The highest BCUT2D eigenvalue weighted by atomic mass is 16.2. The van der Waals surface area contributed by atoms with E-state index in [1.165, 1.54) is 18.4 Å². The Hall–Kier alpha value is -1.39. The summed E-state index contributed by atoms with van der Waals surface area (Å²) in [5, 5.41) is 11.5. The highest BCUT2D eigenvalue weighted by Gasteiger charge is 2.28. The van der Waals surface area contributed by atoms with Crippen molar-refractivity contribution < 1.29 is 9.90 Å². The highest BCUT2D eigenvalue weighted by Crippen LogP contribution is 2.28. The van der Waals surface area contributed by atoms with Crippen molar-refractivity contribution in [1.82, 2.24) is 10.2 Å². The van der Waals surface area contributed by atoms with Gasteiger partial charge in [0, 0.05) is 31.8 Å². The van der Waals surface area contributed by atoms with Gasteiger partial charge in [0.05, 0.1) is 0 Å². The summed E-state index contributed by atoms with van der Waals surface area (Å²) in [6.45, 7) is 2.18. The third kappa shape index (κ3) is 4.32. The van der Waals surface area contributed by atoms with Crippen LogP contribution in [0, 0.1) is 0 Å². The Balaban J connectivity index is 1.97. The van der Waals surface area contributed by atoms with E-state index < -0.39 is 0 Å². The molecule has 2 rings (SSSR count). The van der Waals surface area contributed by atoms with Crippen LogP contribution in [0.25, 0.3) is 0 Å². The molecule has 0 unspecified atom stereocenters. The van der Waals surface area contributed by atoms with Gasteiger partial charge < -0.3 is 10.4 Å². The molecule has 1 aromatic carbocycles. The lowest BCUT2D eigenvalue weighted by Gasteiger charge is -2.22. The zero-order valence-electron chi connectivity index (χ0n) is 12.1. The lowest BCUT2D eigenvalue weighted by molar-refractivity contribution is 0.0963. The molecule has 4 nitrogen and oxygen atoms in total. The molecule has 110 valence electrons. The van der Waals surface area contributed by atoms with Crippen LogP contribution in [0.2, 0.25) is 0 Å². The van der Waals surface area contributed by atoms with Crippen molar-refractivity contribution >= 4 is 5.91 Å². The summed E-state index contributed by atoms with van der Waals surface area (Å²) in [6, 6.07) is 8.53. The second kappa shape index (κ2) is 7.41. The van der Waals surface area contributed by atoms with E-state index in [0.29, 0.717) is 6.04 Å². The van der Waals surface area contributed by atoms with Crippen molar-refractivity contribution in [3.63, 3.8) is 0 Å². The standard InChI is InChI=1S/C16H24N2O2/c1-17-16(20)14-6-4-5-13(11-14)12-18(15-7-8-15)9-2-3-10-19/h4-6,11,15,19H,2-3,7-10,12H2,1H3,(H,17,20). The van der Waals surface area contributed by atoms with Gasteiger partial charge in [-0.1, -0.05) is 12.1 Å². The second-order valence-corrected chi connectivity index (χ2v) is 5.41. The summed E-state index contributed by atoms with van der Waals surface area (Å²) >= 11 is 0. The van der Waals surface area contributed by atoms with E-state index in [1.807, 2.05) is 18.2 Å². The fraction of sp³-hybridized carbons (Fsp3) is 0.562. The minimum absolute atomic E-state index is 0.0369.